The summed E-state index contributed by atoms with van der Waals surface area (Å²) < 4.78 is 24.1. The highest BCUT2D eigenvalue weighted by atomic mass is 35.5. The maximum Gasteiger partial charge on any atom is 0.183 e. The number of ketones is 1. The molecule has 0 amide bonds. The average molecular weight is 303 g/mol. The van der Waals surface area contributed by atoms with Gasteiger partial charge in [-0.25, -0.2) is 4.39 Å². The number of rotatable bonds is 8. The molecule has 0 fully saturated rings. The van der Waals surface area contributed by atoms with Crippen molar-refractivity contribution in [3.05, 3.63) is 28.5 Å². The van der Waals surface area contributed by atoms with Crippen LogP contribution in [0.1, 0.15) is 25.8 Å². The topological polar surface area (TPSA) is 35.5 Å². The van der Waals surface area contributed by atoms with E-state index < -0.39 is 5.82 Å². The molecule has 1 unspecified atom stereocenters. The molecule has 0 aliphatic carbocycles. The van der Waals surface area contributed by atoms with Gasteiger partial charge in [0.2, 0.25) is 0 Å². The molecule has 1 rings (SSSR count). The van der Waals surface area contributed by atoms with Crippen LogP contribution in [0.3, 0.4) is 0 Å². The predicted molar refractivity (Wildman–Crippen MR) is 76.9 cm³/mol. The Balaban J connectivity index is 2.78. The molecule has 20 heavy (non-hydrogen) atoms. The van der Waals surface area contributed by atoms with Crippen molar-refractivity contribution in [2.75, 3.05) is 20.3 Å². The van der Waals surface area contributed by atoms with E-state index in [2.05, 4.69) is 0 Å². The minimum absolute atomic E-state index is 0.0139. The van der Waals surface area contributed by atoms with E-state index >= 15 is 0 Å². The average Bonchev–Trinajstić information content (AvgIpc) is 2.39. The number of methoxy groups -OCH3 is 1. The highest BCUT2D eigenvalue weighted by Gasteiger charge is 2.14. The van der Waals surface area contributed by atoms with Crippen molar-refractivity contribution in [1.82, 2.24) is 0 Å². The van der Waals surface area contributed by atoms with Gasteiger partial charge in [-0.15, -0.1) is 0 Å². The Morgan fingerprint density at radius 2 is 2.10 bits per heavy atom. The minimum atomic E-state index is -0.566. The standard InChI is InChI=1S/C15H20ClFO3/c1-10(11(2)18)7-12-8-13(16)15(17)14(9-12)20-6-4-5-19-3/h8-10H,4-7H2,1-3H3. The first-order valence-electron chi connectivity index (χ1n) is 6.55. The van der Waals surface area contributed by atoms with Gasteiger partial charge in [0.15, 0.2) is 11.6 Å². The van der Waals surface area contributed by atoms with Crippen LogP contribution in [0.25, 0.3) is 0 Å². The number of Topliss-reactive ketones (excluding diaryl/α,β-unsaturated/α-hetero) is 1. The third-order valence-electron chi connectivity index (χ3n) is 3.04. The molecule has 0 heterocycles. The van der Waals surface area contributed by atoms with E-state index in [1.54, 1.807) is 19.2 Å². The Labute approximate surface area is 124 Å². The summed E-state index contributed by atoms with van der Waals surface area (Å²) in [5.41, 5.74) is 0.792. The van der Waals surface area contributed by atoms with Crippen LogP contribution in [0.15, 0.2) is 12.1 Å². The highest BCUT2D eigenvalue weighted by Crippen LogP contribution is 2.28. The number of hydrogen-bond acceptors (Lipinski definition) is 3. The van der Waals surface area contributed by atoms with Gasteiger partial charge in [0.25, 0.3) is 0 Å². The molecular weight excluding hydrogens is 283 g/mol. The SMILES string of the molecule is COCCCOc1cc(CC(C)C(C)=O)cc(Cl)c1F. The van der Waals surface area contributed by atoms with E-state index in [1.807, 2.05) is 6.92 Å². The van der Waals surface area contributed by atoms with Crippen LogP contribution < -0.4 is 4.74 Å². The van der Waals surface area contributed by atoms with Crippen LogP contribution in [0.2, 0.25) is 5.02 Å². The van der Waals surface area contributed by atoms with Gasteiger partial charge in [-0.05, 0) is 31.0 Å². The highest BCUT2D eigenvalue weighted by molar-refractivity contribution is 6.31. The molecule has 3 nitrogen and oxygen atoms in total. The van der Waals surface area contributed by atoms with Crippen molar-refractivity contribution in [2.45, 2.75) is 26.7 Å². The molecule has 0 aliphatic heterocycles. The Bertz CT molecular complexity index is 463. The zero-order chi connectivity index (χ0) is 15.1. The van der Waals surface area contributed by atoms with E-state index in [-0.39, 0.29) is 22.5 Å². The fraction of sp³-hybridized carbons (Fsp3) is 0.533. The van der Waals surface area contributed by atoms with E-state index in [9.17, 15) is 9.18 Å². The van der Waals surface area contributed by atoms with Crippen molar-refractivity contribution < 1.29 is 18.7 Å². The maximum atomic E-state index is 13.8. The van der Waals surface area contributed by atoms with Crippen molar-refractivity contribution in [2.24, 2.45) is 5.92 Å². The van der Waals surface area contributed by atoms with Crippen molar-refractivity contribution in [3.63, 3.8) is 0 Å². The van der Waals surface area contributed by atoms with E-state index in [1.165, 1.54) is 6.92 Å². The first-order chi connectivity index (χ1) is 9.45. The molecule has 5 heteroatoms. The quantitative estimate of drug-likeness (QED) is 0.687. The van der Waals surface area contributed by atoms with Gasteiger partial charge in [-0.2, -0.15) is 0 Å². The fourth-order valence-electron chi connectivity index (χ4n) is 1.72. The lowest BCUT2D eigenvalue weighted by Gasteiger charge is -2.12. The third-order valence-corrected chi connectivity index (χ3v) is 3.32. The molecule has 1 atom stereocenters. The summed E-state index contributed by atoms with van der Waals surface area (Å²) >= 11 is 5.86. The van der Waals surface area contributed by atoms with Crippen LogP contribution in [0.5, 0.6) is 5.75 Å². The normalized spacial score (nSPS) is 12.2. The smallest absolute Gasteiger partial charge is 0.183 e. The Morgan fingerprint density at radius 3 is 2.70 bits per heavy atom. The lowest BCUT2D eigenvalue weighted by molar-refractivity contribution is -0.120. The number of halogens is 2. The monoisotopic (exact) mass is 302 g/mol. The third kappa shape index (κ3) is 5.10. The molecule has 0 N–H and O–H groups in total. The summed E-state index contributed by atoms with van der Waals surface area (Å²) in [7, 11) is 1.60. The summed E-state index contributed by atoms with van der Waals surface area (Å²) in [6.07, 6.45) is 1.19. The minimum Gasteiger partial charge on any atom is -0.490 e. The van der Waals surface area contributed by atoms with Gasteiger partial charge >= 0.3 is 0 Å². The van der Waals surface area contributed by atoms with Crippen molar-refractivity contribution in [3.8, 4) is 5.75 Å². The largest absolute Gasteiger partial charge is 0.490 e. The second-order valence-corrected chi connectivity index (χ2v) is 5.21. The van der Waals surface area contributed by atoms with Gasteiger partial charge in [0.1, 0.15) is 5.78 Å². The van der Waals surface area contributed by atoms with E-state index in [0.29, 0.717) is 26.1 Å². The van der Waals surface area contributed by atoms with Crippen LogP contribution in [0.4, 0.5) is 4.39 Å². The van der Waals surface area contributed by atoms with Gasteiger partial charge < -0.3 is 9.47 Å². The Kier molecular flexibility index (Phi) is 6.96. The second kappa shape index (κ2) is 8.22. The van der Waals surface area contributed by atoms with Crippen LogP contribution in [-0.4, -0.2) is 26.1 Å². The maximum absolute atomic E-state index is 13.8. The van der Waals surface area contributed by atoms with Gasteiger partial charge in [0.05, 0.1) is 11.6 Å². The molecule has 0 radical (unpaired) electrons. The Hall–Kier alpha value is -1.13. The van der Waals surface area contributed by atoms with Gasteiger partial charge in [0, 0.05) is 26.1 Å². The molecule has 0 aromatic heterocycles. The molecule has 1 aromatic rings. The summed E-state index contributed by atoms with van der Waals surface area (Å²) in [5, 5.41) is 0.0139. The number of carbonyl (C=O) groups excluding carboxylic acids is 1. The molecule has 112 valence electrons. The molecule has 0 saturated carbocycles. The molecule has 0 bridgehead atoms. The summed E-state index contributed by atoms with van der Waals surface area (Å²) in [6, 6.07) is 3.14. The van der Waals surface area contributed by atoms with Crippen molar-refractivity contribution in [1.29, 1.82) is 0 Å². The molecule has 0 spiro atoms. The van der Waals surface area contributed by atoms with Crippen LogP contribution >= 0.6 is 11.6 Å². The van der Waals surface area contributed by atoms with E-state index in [0.717, 1.165) is 5.56 Å². The molecular formula is C15H20ClFO3. The fourth-order valence-corrected chi connectivity index (χ4v) is 1.96. The Morgan fingerprint density at radius 1 is 1.40 bits per heavy atom. The zero-order valence-electron chi connectivity index (χ0n) is 12.0. The summed E-state index contributed by atoms with van der Waals surface area (Å²) in [4.78, 5) is 11.3. The van der Waals surface area contributed by atoms with Crippen LogP contribution in [0, 0.1) is 11.7 Å². The number of carbonyl (C=O) groups is 1. The summed E-state index contributed by atoms with van der Waals surface area (Å²) in [5.74, 6) is -0.478. The lowest BCUT2D eigenvalue weighted by Crippen LogP contribution is -2.10. The number of hydrogen-bond donors (Lipinski definition) is 0. The number of benzene rings is 1. The second-order valence-electron chi connectivity index (χ2n) is 4.80. The molecule has 0 aliphatic rings. The zero-order valence-corrected chi connectivity index (χ0v) is 12.8. The van der Waals surface area contributed by atoms with Crippen molar-refractivity contribution >= 4 is 17.4 Å². The first-order valence-corrected chi connectivity index (χ1v) is 6.93. The van der Waals surface area contributed by atoms with Crippen LogP contribution in [-0.2, 0) is 16.0 Å². The molecule has 1 aromatic carbocycles. The van der Waals surface area contributed by atoms with E-state index in [4.69, 9.17) is 21.1 Å². The molecule has 0 saturated heterocycles. The summed E-state index contributed by atoms with van der Waals surface area (Å²) in [6.45, 7) is 4.28. The van der Waals surface area contributed by atoms with Gasteiger partial charge in [-0.1, -0.05) is 18.5 Å². The predicted octanol–water partition coefficient (Wildman–Crippen LogP) is 3.66. The van der Waals surface area contributed by atoms with Gasteiger partial charge in [-0.3, -0.25) is 4.79 Å². The lowest BCUT2D eigenvalue weighted by atomic mass is 9.98. The number of ether oxygens (including phenoxy) is 2. The first kappa shape index (κ1) is 16.9.